The number of anilines is 2. The van der Waals surface area contributed by atoms with Gasteiger partial charge in [0, 0.05) is 6.20 Å². The van der Waals surface area contributed by atoms with Crippen LogP contribution in [0.3, 0.4) is 0 Å². The van der Waals surface area contributed by atoms with Crippen molar-refractivity contribution in [1.29, 1.82) is 0 Å². The van der Waals surface area contributed by atoms with Gasteiger partial charge in [0.05, 0.1) is 16.3 Å². The standard InChI is InChI=1S/C12H9ClFN3O/c13-9-4-3-7(14)6-10(9)17-12(18)8-2-1-5-16-11(8)15/h1-6H,(H2,15,16)(H,17,18). The Morgan fingerprint density at radius 1 is 1.39 bits per heavy atom. The number of rotatable bonds is 2. The van der Waals surface area contributed by atoms with Gasteiger partial charge in [0.25, 0.3) is 5.91 Å². The Hall–Kier alpha value is -2.14. The molecule has 0 radical (unpaired) electrons. The molecule has 1 heterocycles. The number of nitrogens with two attached hydrogens (primary N) is 1. The summed E-state index contributed by atoms with van der Waals surface area (Å²) >= 11 is 5.84. The minimum absolute atomic E-state index is 0.0996. The maximum Gasteiger partial charge on any atom is 0.259 e. The molecule has 1 aromatic carbocycles. The second-order valence-electron chi connectivity index (χ2n) is 3.51. The van der Waals surface area contributed by atoms with Gasteiger partial charge in [0.1, 0.15) is 11.6 Å². The van der Waals surface area contributed by atoms with Crippen molar-refractivity contribution in [3.63, 3.8) is 0 Å². The van der Waals surface area contributed by atoms with Gasteiger partial charge in [-0.3, -0.25) is 4.79 Å². The molecule has 18 heavy (non-hydrogen) atoms. The summed E-state index contributed by atoms with van der Waals surface area (Å²) in [6.45, 7) is 0. The number of nitrogen functional groups attached to an aromatic ring is 1. The number of hydrogen-bond acceptors (Lipinski definition) is 3. The highest BCUT2D eigenvalue weighted by Crippen LogP contribution is 2.23. The van der Waals surface area contributed by atoms with Crippen molar-refractivity contribution in [3.8, 4) is 0 Å². The van der Waals surface area contributed by atoms with Crippen LogP contribution in [0, 0.1) is 5.82 Å². The van der Waals surface area contributed by atoms with Gasteiger partial charge in [-0.1, -0.05) is 11.6 Å². The van der Waals surface area contributed by atoms with E-state index in [0.29, 0.717) is 0 Å². The first-order valence-electron chi connectivity index (χ1n) is 5.05. The Labute approximate surface area is 108 Å². The zero-order chi connectivity index (χ0) is 13.1. The quantitative estimate of drug-likeness (QED) is 0.877. The lowest BCUT2D eigenvalue weighted by Gasteiger charge is -2.08. The summed E-state index contributed by atoms with van der Waals surface area (Å²) in [6.07, 6.45) is 1.47. The van der Waals surface area contributed by atoms with Gasteiger partial charge in [0.15, 0.2) is 0 Å². The fraction of sp³-hybridized carbons (Fsp3) is 0. The van der Waals surface area contributed by atoms with Crippen LogP contribution in [-0.2, 0) is 0 Å². The average Bonchev–Trinajstić information content (AvgIpc) is 2.34. The molecule has 2 aromatic rings. The monoisotopic (exact) mass is 265 g/mol. The normalized spacial score (nSPS) is 10.1. The van der Waals surface area contributed by atoms with Gasteiger partial charge in [-0.05, 0) is 30.3 Å². The lowest BCUT2D eigenvalue weighted by molar-refractivity contribution is 0.102. The Bertz CT molecular complexity index is 604. The van der Waals surface area contributed by atoms with E-state index in [1.54, 1.807) is 6.07 Å². The van der Waals surface area contributed by atoms with Crippen LogP contribution < -0.4 is 11.1 Å². The summed E-state index contributed by atoms with van der Waals surface area (Å²) in [5, 5.41) is 2.72. The smallest absolute Gasteiger partial charge is 0.259 e. The Kier molecular flexibility index (Phi) is 3.43. The second kappa shape index (κ2) is 5.01. The van der Waals surface area contributed by atoms with Gasteiger partial charge in [-0.2, -0.15) is 0 Å². The molecule has 2 rings (SSSR count). The fourth-order valence-electron chi connectivity index (χ4n) is 1.39. The maximum absolute atomic E-state index is 13.0. The number of carbonyl (C=O) groups is 1. The summed E-state index contributed by atoms with van der Waals surface area (Å²) in [4.78, 5) is 15.7. The molecule has 0 spiro atoms. The van der Waals surface area contributed by atoms with E-state index >= 15 is 0 Å². The molecule has 92 valence electrons. The summed E-state index contributed by atoms with van der Waals surface area (Å²) in [7, 11) is 0. The number of nitrogens with one attached hydrogen (secondary N) is 1. The lowest BCUT2D eigenvalue weighted by atomic mass is 10.2. The summed E-state index contributed by atoms with van der Waals surface area (Å²) in [5.41, 5.74) is 5.96. The third-order valence-corrected chi connectivity index (χ3v) is 2.59. The van der Waals surface area contributed by atoms with E-state index in [4.69, 9.17) is 17.3 Å². The van der Waals surface area contributed by atoms with Crippen molar-refractivity contribution in [3.05, 3.63) is 52.9 Å². The first-order chi connectivity index (χ1) is 8.58. The SMILES string of the molecule is Nc1ncccc1C(=O)Nc1cc(F)ccc1Cl. The van der Waals surface area contributed by atoms with Gasteiger partial charge in [-0.25, -0.2) is 9.37 Å². The van der Waals surface area contributed by atoms with E-state index in [9.17, 15) is 9.18 Å². The number of halogens is 2. The molecule has 4 nitrogen and oxygen atoms in total. The molecule has 0 saturated heterocycles. The molecule has 0 aliphatic carbocycles. The molecular formula is C12H9ClFN3O. The van der Waals surface area contributed by atoms with Crippen molar-refractivity contribution in [1.82, 2.24) is 4.98 Å². The van der Waals surface area contributed by atoms with Crippen molar-refractivity contribution < 1.29 is 9.18 Å². The first kappa shape index (κ1) is 12.3. The van der Waals surface area contributed by atoms with Crippen molar-refractivity contribution in [2.45, 2.75) is 0 Å². The van der Waals surface area contributed by atoms with E-state index in [1.807, 2.05) is 0 Å². The molecule has 6 heteroatoms. The van der Waals surface area contributed by atoms with E-state index in [1.165, 1.54) is 24.4 Å². The Morgan fingerprint density at radius 3 is 2.89 bits per heavy atom. The van der Waals surface area contributed by atoms with Crippen molar-refractivity contribution in [2.24, 2.45) is 0 Å². The van der Waals surface area contributed by atoms with Gasteiger partial charge in [-0.15, -0.1) is 0 Å². The van der Waals surface area contributed by atoms with Crippen LogP contribution in [0.1, 0.15) is 10.4 Å². The van der Waals surface area contributed by atoms with E-state index in [2.05, 4.69) is 10.3 Å². The number of carbonyl (C=O) groups excluding carboxylic acids is 1. The van der Waals surface area contributed by atoms with Crippen LogP contribution in [0.15, 0.2) is 36.5 Å². The van der Waals surface area contributed by atoms with E-state index in [-0.39, 0.29) is 22.1 Å². The van der Waals surface area contributed by atoms with Crippen LogP contribution >= 0.6 is 11.6 Å². The van der Waals surface area contributed by atoms with Gasteiger partial charge in [0.2, 0.25) is 0 Å². The van der Waals surface area contributed by atoms with Crippen LogP contribution in [-0.4, -0.2) is 10.9 Å². The first-order valence-corrected chi connectivity index (χ1v) is 5.42. The molecule has 0 saturated carbocycles. The maximum atomic E-state index is 13.0. The minimum atomic E-state index is -0.492. The molecule has 3 N–H and O–H groups in total. The van der Waals surface area contributed by atoms with Crippen LogP contribution in [0.5, 0.6) is 0 Å². The molecule has 0 bridgehead atoms. The molecule has 0 fully saturated rings. The third kappa shape index (κ3) is 2.57. The average molecular weight is 266 g/mol. The summed E-state index contributed by atoms with van der Waals surface area (Å²) < 4.78 is 13.0. The molecular weight excluding hydrogens is 257 g/mol. The highest BCUT2D eigenvalue weighted by Gasteiger charge is 2.12. The summed E-state index contributed by atoms with van der Waals surface area (Å²) in [5.74, 6) is -0.885. The number of amides is 1. The van der Waals surface area contributed by atoms with Gasteiger partial charge >= 0.3 is 0 Å². The highest BCUT2D eigenvalue weighted by atomic mass is 35.5. The predicted octanol–water partition coefficient (Wildman–Crippen LogP) is 2.71. The van der Waals surface area contributed by atoms with Gasteiger partial charge < -0.3 is 11.1 Å². The molecule has 0 atom stereocenters. The topological polar surface area (TPSA) is 68.0 Å². The van der Waals surface area contributed by atoms with Crippen LogP contribution in [0.25, 0.3) is 0 Å². The largest absolute Gasteiger partial charge is 0.383 e. The number of benzene rings is 1. The van der Waals surface area contributed by atoms with Crippen LogP contribution in [0.2, 0.25) is 5.02 Å². The minimum Gasteiger partial charge on any atom is -0.383 e. The molecule has 1 aromatic heterocycles. The lowest BCUT2D eigenvalue weighted by Crippen LogP contribution is -2.15. The zero-order valence-corrected chi connectivity index (χ0v) is 9.91. The molecule has 0 aliphatic rings. The number of aromatic nitrogens is 1. The predicted molar refractivity (Wildman–Crippen MR) is 68.0 cm³/mol. The zero-order valence-electron chi connectivity index (χ0n) is 9.15. The van der Waals surface area contributed by atoms with Crippen molar-refractivity contribution >= 4 is 29.0 Å². The third-order valence-electron chi connectivity index (χ3n) is 2.26. The van der Waals surface area contributed by atoms with Crippen LogP contribution in [0.4, 0.5) is 15.9 Å². The van der Waals surface area contributed by atoms with Crippen molar-refractivity contribution in [2.75, 3.05) is 11.1 Å². The fourth-order valence-corrected chi connectivity index (χ4v) is 1.56. The number of hydrogen-bond donors (Lipinski definition) is 2. The number of nitrogens with zero attached hydrogens (tertiary/aromatic N) is 1. The summed E-state index contributed by atoms with van der Waals surface area (Å²) in [6, 6.07) is 6.80. The van der Waals surface area contributed by atoms with E-state index in [0.717, 1.165) is 6.07 Å². The number of pyridine rings is 1. The molecule has 0 aliphatic heterocycles. The highest BCUT2D eigenvalue weighted by molar-refractivity contribution is 6.34. The Balaban J connectivity index is 2.27. The molecule has 1 amide bonds. The Morgan fingerprint density at radius 2 is 2.17 bits per heavy atom. The van der Waals surface area contributed by atoms with E-state index < -0.39 is 11.7 Å². The molecule has 0 unspecified atom stereocenters. The second-order valence-corrected chi connectivity index (χ2v) is 3.92.